The van der Waals surface area contributed by atoms with E-state index in [0.29, 0.717) is 0 Å². The predicted molar refractivity (Wildman–Crippen MR) is 92.0 cm³/mol. The van der Waals surface area contributed by atoms with E-state index in [1.807, 2.05) is 30.4 Å². The molecule has 0 saturated heterocycles. The summed E-state index contributed by atoms with van der Waals surface area (Å²) >= 11 is 1.71. The van der Waals surface area contributed by atoms with Gasteiger partial charge in [-0.3, -0.25) is 0 Å². The summed E-state index contributed by atoms with van der Waals surface area (Å²) in [6.07, 6.45) is 7.55. The van der Waals surface area contributed by atoms with Crippen LogP contribution in [0.3, 0.4) is 0 Å². The highest BCUT2D eigenvalue weighted by Crippen LogP contribution is 2.30. The minimum atomic E-state index is 0.817. The lowest BCUT2D eigenvalue weighted by Crippen LogP contribution is -1.96. The Balaban J connectivity index is 1.85. The van der Waals surface area contributed by atoms with Crippen molar-refractivity contribution in [3.8, 4) is 11.5 Å². The summed E-state index contributed by atoms with van der Waals surface area (Å²) in [7, 11) is 3.34. The van der Waals surface area contributed by atoms with Crippen LogP contribution in [0, 0.1) is 0 Å². The molecule has 4 nitrogen and oxygen atoms in total. The van der Waals surface area contributed by atoms with Crippen LogP contribution in [-0.4, -0.2) is 25.7 Å². The smallest absolute Gasteiger partial charge is 0.126 e. The van der Waals surface area contributed by atoms with Crippen molar-refractivity contribution in [2.45, 2.75) is 19.3 Å². The molecule has 0 fully saturated rings. The fourth-order valence-electron chi connectivity index (χ4n) is 2.50. The maximum Gasteiger partial charge on any atom is 0.126 e. The SMILES string of the molecule is COc1ccc(OC)c(/C=C/c2nc3c(s2)NCCCC3)c1. The molecule has 1 aromatic carbocycles. The maximum atomic E-state index is 5.39. The van der Waals surface area contributed by atoms with Crippen LogP contribution < -0.4 is 14.8 Å². The number of hydrogen-bond donors (Lipinski definition) is 1. The summed E-state index contributed by atoms with van der Waals surface area (Å²) in [5, 5.41) is 5.70. The zero-order valence-electron chi connectivity index (χ0n) is 12.9. The number of rotatable bonds is 4. The molecule has 0 amide bonds. The molecular weight excluding hydrogens is 296 g/mol. The van der Waals surface area contributed by atoms with Crippen molar-refractivity contribution in [1.82, 2.24) is 4.98 Å². The first-order chi connectivity index (χ1) is 10.8. The molecule has 1 N–H and O–H groups in total. The molecule has 1 aromatic heterocycles. The van der Waals surface area contributed by atoms with Crippen LogP contribution in [0.25, 0.3) is 12.2 Å². The van der Waals surface area contributed by atoms with Gasteiger partial charge in [-0.15, -0.1) is 0 Å². The van der Waals surface area contributed by atoms with Crippen LogP contribution >= 0.6 is 11.3 Å². The molecule has 0 saturated carbocycles. The number of methoxy groups -OCH3 is 2. The van der Waals surface area contributed by atoms with Gasteiger partial charge in [-0.2, -0.15) is 0 Å². The summed E-state index contributed by atoms with van der Waals surface area (Å²) < 4.78 is 10.7. The summed E-state index contributed by atoms with van der Waals surface area (Å²) in [6.45, 7) is 1.04. The van der Waals surface area contributed by atoms with Crippen molar-refractivity contribution in [1.29, 1.82) is 0 Å². The average Bonchev–Trinajstić information content (AvgIpc) is 2.82. The minimum Gasteiger partial charge on any atom is -0.497 e. The number of hydrogen-bond acceptors (Lipinski definition) is 5. The normalized spacial score (nSPS) is 14.3. The molecule has 0 spiro atoms. The van der Waals surface area contributed by atoms with Gasteiger partial charge in [-0.25, -0.2) is 4.98 Å². The number of aryl methyl sites for hydroxylation is 1. The minimum absolute atomic E-state index is 0.817. The Hall–Kier alpha value is -2.01. The van der Waals surface area contributed by atoms with Gasteiger partial charge in [0.25, 0.3) is 0 Å². The van der Waals surface area contributed by atoms with E-state index in [4.69, 9.17) is 14.5 Å². The third kappa shape index (κ3) is 3.25. The molecule has 1 aliphatic heterocycles. The average molecular weight is 316 g/mol. The van der Waals surface area contributed by atoms with Crippen molar-refractivity contribution >= 4 is 28.5 Å². The van der Waals surface area contributed by atoms with Gasteiger partial charge in [0.05, 0.1) is 19.9 Å². The highest BCUT2D eigenvalue weighted by Gasteiger charge is 2.12. The lowest BCUT2D eigenvalue weighted by molar-refractivity contribution is 0.402. The molecule has 2 aromatic rings. The molecule has 3 rings (SSSR count). The molecule has 0 aliphatic carbocycles. The zero-order valence-corrected chi connectivity index (χ0v) is 13.7. The third-order valence-corrected chi connectivity index (χ3v) is 4.70. The first-order valence-corrected chi connectivity index (χ1v) is 8.25. The number of aromatic nitrogens is 1. The Kier molecular flexibility index (Phi) is 4.63. The number of nitrogens with zero attached hydrogens (tertiary/aromatic N) is 1. The number of benzene rings is 1. The van der Waals surface area contributed by atoms with Crippen LogP contribution in [-0.2, 0) is 6.42 Å². The molecule has 0 bridgehead atoms. The quantitative estimate of drug-likeness (QED) is 0.923. The van der Waals surface area contributed by atoms with E-state index < -0.39 is 0 Å². The summed E-state index contributed by atoms with van der Waals surface area (Å²) in [5.74, 6) is 1.64. The van der Waals surface area contributed by atoms with Crippen molar-refractivity contribution in [2.24, 2.45) is 0 Å². The van der Waals surface area contributed by atoms with Crippen molar-refractivity contribution in [3.63, 3.8) is 0 Å². The third-order valence-electron chi connectivity index (χ3n) is 3.68. The molecule has 2 heterocycles. The lowest BCUT2D eigenvalue weighted by atomic mass is 10.1. The van der Waals surface area contributed by atoms with Crippen LogP contribution in [0.1, 0.15) is 29.1 Å². The topological polar surface area (TPSA) is 43.4 Å². The monoisotopic (exact) mass is 316 g/mol. The number of nitrogens with one attached hydrogen (secondary N) is 1. The standard InChI is InChI=1S/C17H20N2O2S/c1-20-13-7-8-15(21-2)12(11-13)6-9-16-19-14-5-3-4-10-18-17(14)22-16/h6-9,11,18H,3-5,10H2,1-2H3/b9-6+. The van der Waals surface area contributed by atoms with Gasteiger partial charge in [0.15, 0.2) is 0 Å². The predicted octanol–water partition coefficient (Wildman–Crippen LogP) is 4.08. The Morgan fingerprint density at radius 3 is 2.91 bits per heavy atom. The number of ether oxygens (including phenoxy) is 2. The first kappa shape index (κ1) is 14.9. The van der Waals surface area contributed by atoms with Gasteiger partial charge in [0.2, 0.25) is 0 Å². The Bertz CT molecular complexity index is 656. The second-order valence-corrected chi connectivity index (χ2v) is 6.18. The number of thiazole rings is 1. The van der Waals surface area contributed by atoms with Crippen LogP contribution in [0.15, 0.2) is 18.2 Å². The second kappa shape index (κ2) is 6.83. The first-order valence-electron chi connectivity index (χ1n) is 7.44. The van der Waals surface area contributed by atoms with Crippen molar-refractivity contribution in [3.05, 3.63) is 34.5 Å². The van der Waals surface area contributed by atoms with E-state index in [2.05, 4.69) is 5.32 Å². The molecule has 1 aliphatic rings. The van der Waals surface area contributed by atoms with Gasteiger partial charge in [-0.05, 0) is 49.6 Å². The Morgan fingerprint density at radius 2 is 2.09 bits per heavy atom. The fourth-order valence-corrected chi connectivity index (χ4v) is 3.44. The fraction of sp³-hybridized carbons (Fsp3) is 0.353. The molecule has 116 valence electrons. The molecule has 22 heavy (non-hydrogen) atoms. The van der Waals surface area contributed by atoms with Crippen molar-refractivity contribution in [2.75, 3.05) is 26.1 Å². The Morgan fingerprint density at radius 1 is 1.18 bits per heavy atom. The van der Waals surface area contributed by atoms with E-state index in [1.54, 1.807) is 25.6 Å². The molecular formula is C17H20N2O2S. The van der Waals surface area contributed by atoms with E-state index in [0.717, 1.165) is 35.0 Å². The molecule has 0 atom stereocenters. The summed E-state index contributed by atoms with van der Waals surface area (Å²) in [5.41, 5.74) is 2.18. The van der Waals surface area contributed by atoms with Gasteiger partial charge >= 0.3 is 0 Å². The van der Waals surface area contributed by atoms with Gasteiger partial charge in [0.1, 0.15) is 21.5 Å². The van der Waals surface area contributed by atoms with Gasteiger partial charge < -0.3 is 14.8 Å². The maximum absolute atomic E-state index is 5.39. The molecule has 5 heteroatoms. The van der Waals surface area contributed by atoms with E-state index in [1.165, 1.54) is 23.5 Å². The zero-order chi connectivity index (χ0) is 15.4. The summed E-state index contributed by atoms with van der Waals surface area (Å²) in [4.78, 5) is 4.72. The van der Waals surface area contributed by atoms with Crippen LogP contribution in [0.4, 0.5) is 5.00 Å². The van der Waals surface area contributed by atoms with E-state index in [-0.39, 0.29) is 0 Å². The molecule has 0 radical (unpaired) electrons. The second-order valence-electron chi connectivity index (χ2n) is 5.15. The van der Waals surface area contributed by atoms with E-state index in [9.17, 15) is 0 Å². The lowest BCUT2D eigenvalue weighted by Gasteiger charge is -2.06. The Labute approximate surface area is 134 Å². The number of anilines is 1. The highest BCUT2D eigenvalue weighted by molar-refractivity contribution is 7.16. The molecule has 0 unspecified atom stereocenters. The highest BCUT2D eigenvalue weighted by atomic mass is 32.1. The van der Waals surface area contributed by atoms with E-state index >= 15 is 0 Å². The summed E-state index contributed by atoms with van der Waals surface area (Å²) in [6, 6.07) is 5.77. The van der Waals surface area contributed by atoms with Crippen LogP contribution in [0.5, 0.6) is 11.5 Å². The van der Waals surface area contributed by atoms with Crippen LogP contribution in [0.2, 0.25) is 0 Å². The number of fused-ring (bicyclic) bond motifs is 1. The van der Waals surface area contributed by atoms with Gasteiger partial charge in [0, 0.05) is 12.1 Å². The van der Waals surface area contributed by atoms with Gasteiger partial charge in [-0.1, -0.05) is 11.3 Å². The van der Waals surface area contributed by atoms with Crippen molar-refractivity contribution < 1.29 is 9.47 Å². The largest absolute Gasteiger partial charge is 0.497 e.